The van der Waals surface area contributed by atoms with Crippen LogP contribution in [-0.4, -0.2) is 38.4 Å². The summed E-state index contributed by atoms with van der Waals surface area (Å²) in [5, 5.41) is 19.0. The highest BCUT2D eigenvalue weighted by Crippen LogP contribution is 2.46. The fourth-order valence-electron chi connectivity index (χ4n) is 4.24. The van der Waals surface area contributed by atoms with Crippen LogP contribution in [0, 0.1) is 19.8 Å². The minimum absolute atomic E-state index is 0.0458. The van der Waals surface area contributed by atoms with E-state index in [1.807, 2.05) is 24.3 Å². The highest BCUT2D eigenvalue weighted by atomic mass is 16.5. The molecule has 7 heteroatoms. The maximum Gasteiger partial charge on any atom is 0.307 e. The minimum Gasteiger partial charge on any atom is -0.493 e. The third-order valence-corrected chi connectivity index (χ3v) is 6.23. The number of aliphatic hydroxyl groups is 1. The lowest BCUT2D eigenvalue weighted by Crippen LogP contribution is -2.21. The molecule has 1 aromatic heterocycles. The second-order valence-corrected chi connectivity index (χ2v) is 9.90. The normalized spacial score (nSPS) is 17.2. The second kappa shape index (κ2) is 10.0. The van der Waals surface area contributed by atoms with Gasteiger partial charge in [0.05, 0.1) is 36.2 Å². The van der Waals surface area contributed by atoms with E-state index in [1.54, 1.807) is 26.2 Å². The Hall–Kier alpha value is -3.45. The summed E-state index contributed by atoms with van der Waals surface area (Å²) in [5.74, 6) is 0.0342. The highest BCUT2D eigenvalue weighted by molar-refractivity contribution is 5.75. The van der Waals surface area contributed by atoms with E-state index in [2.05, 4.69) is 35.9 Å². The number of carboxylic acid groups (broad SMARTS) is 1. The molecule has 184 valence electrons. The molecule has 2 aromatic carbocycles. The summed E-state index contributed by atoms with van der Waals surface area (Å²) in [5.41, 5.74) is 5.43. The number of hydrogen-bond acceptors (Lipinski definition) is 6. The molecule has 4 rings (SSSR count). The van der Waals surface area contributed by atoms with E-state index in [1.165, 1.54) is 0 Å². The quantitative estimate of drug-likeness (QED) is 0.421. The molecule has 35 heavy (non-hydrogen) atoms. The fourth-order valence-corrected chi connectivity index (χ4v) is 4.24. The summed E-state index contributed by atoms with van der Waals surface area (Å²) in [6.45, 7) is 8.50. The van der Waals surface area contributed by atoms with Crippen molar-refractivity contribution >= 4 is 5.97 Å². The van der Waals surface area contributed by atoms with Gasteiger partial charge in [0.15, 0.2) is 0 Å². The average molecular weight is 477 g/mol. The number of carboxylic acids is 1. The van der Waals surface area contributed by atoms with Gasteiger partial charge in [0.25, 0.3) is 0 Å². The number of carbonyl (C=O) groups is 1. The predicted octanol–water partition coefficient (Wildman–Crippen LogP) is 5.07. The van der Waals surface area contributed by atoms with Crippen molar-refractivity contribution in [3.8, 4) is 22.8 Å². The highest BCUT2D eigenvalue weighted by Gasteiger charge is 2.45. The molecule has 1 saturated carbocycles. The SMILES string of the molecule is Cc1cc(OCCC(C)(C)O)cc(C)c1-c1cccc(COc2cnc([C@H]3C[C@@H]3C(=O)O)cn2)c1. The molecule has 0 unspecified atom stereocenters. The number of ether oxygens (including phenoxy) is 2. The molecule has 0 bridgehead atoms. The summed E-state index contributed by atoms with van der Waals surface area (Å²) in [6, 6.07) is 12.3. The van der Waals surface area contributed by atoms with Gasteiger partial charge in [-0.05, 0) is 80.1 Å². The smallest absolute Gasteiger partial charge is 0.307 e. The number of nitrogens with zero attached hydrogens (tertiary/aromatic N) is 2. The molecule has 1 fully saturated rings. The molecule has 1 aliphatic carbocycles. The Labute approximate surface area is 205 Å². The van der Waals surface area contributed by atoms with Crippen LogP contribution in [0.15, 0.2) is 48.8 Å². The van der Waals surface area contributed by atoms with Crippen LogP contribution in [0.2, 0.25) is 0 Å². The van der Waals surface area contributed by atoms with Crippen LogP contribution in [0.25, 0.3) is 11.1 Å². The third kappa shape index (κ3) is 6.36. The summed E-state index contributed by atoms with van der Waals surface area (Å²) in [7, 11) is 0. The number of rotatable bonds is 10. The molecular weight excluding hydrogens is 444 g/mol. The van der Waals surface area contributed by atoms with Crippen LogP contribution in [-0.2, 0) is 11.4 Å². The van der Waals surface area contributed by atoms with Gasteiger partial charge in [-0.15, -0.1) is 0 Å². The molecule has 0 spiro atoms. The van der Waals surface area contributed by atoms with Crippen molar-refractivity contribution < 1.29 is 24.5 Å². The molecule has 7 nitrogen and oxygen atoms in total. The lowest BCUT2D eigenvalue weighted by atomic mass is 9.94. The Morgan fingerprint density at radius 3 is 2.43 bits per heavy atom. The summed E-state index contributed by atoms with van der Waals surface area (Å²) < 4.78 is 11.7. The first-order chi connectivity index (χ1) is 16.6. The lowest BCUT2D eigenvalue weighted by Gasteiger charge is -2.18. The van der Waals surface area contributed by atoms with E-state index in [0.717, 1.165) is 33.6 Å². The molecule has 0 amide bonds. The fraction of sp³-hybridized carbons (Fsp3) is 0.393. The van der Waals surface area contributed by atoms with Crippen LogP contribution in [0.1, 0.15) is 55.0 Å². The Balaban J connectivity index is 1.40. The van der Waals surface area contributed by atoms with Crippen molar-refractivity contribution in [3.63, 3.8) is 0 Å². The Bertz CT molecular complexity index is 1180. The first-order valence-corrected chi connectivity index (χ1v) is 11.8. The van der Waals surface area contributed by atoms with Gasteiger partial charge in [-0.25, -0.2) is 4.98 Å². The van der Waals surface area contributed by atoms with Crippen molar-refractivity contribution in [2.75, 3.05) is 6.61 Å². The van der Waals surface area contributed by atoms with Crippen molar-refractivity contribution in [2.45, 2.75) is 58.7 Å². The zero-order valence-electron chi connectivity index (χ0n) is 20.6. The number of aromatic nitrogens is 2. The number of aliphatic carboxylic acids is 1. The standard InChI is InChI=1S/C28H32N2O5/c1-17-10-21(34-9-8-28(3,4)33)11-18(2)26(17)20-7-5-6-19(12-20)16-35-25-15-29-24(14-30-25)22-13-23(22)27(31)32/h5-7,10-12,14-15,22-23,33H,8-9,13,16H2,1-4H3,(H,31,32)/t22-,23-/m0/s1. The van der Waals surface area contributed by atoms with Gasteiger partial charge in [0.2, 0.25) is 5.88 Å². The van der Waals surface area contributed by atoms with Gasteiger partial charge in [0.1, 0.15) is 12.4 Å². The number of hydrogen-bond donors (Lipinski definition) is 2. The van der Waals surface area contributed by atoms with Gasteiger partial charge in [-0.3, -0.25) is 9.78 Å². The summed E-state index contributed by atoms with van der Waals surface area (Å²) in [6.07, 6.45) is 4.34. The first kappa shape index (κ1) is 24.7. The first-order valence-electron chi connectivity index (χ1n) is 11.8. The molecular formula is C28H32N2O5. The zero-order chi connectivity index (χ0) is 25.2. The van der Waals surface area contributed by atoms with E-state index < -0.39 is 11.6 Å². The van der Waals surface area contributed by atoms with Crippen LogP contribution < -0.4 is 9.47 Å². The second-order valence-electron chi connectivity index (χ2n) is 9.90. The zero-order valence-corrected chi connectivity index (χ0v) is 20.6. The Morgan fingerprint density at radius 1 is 1.09 bits per heavy atom. The third-order valence-electron chi connectivity index (χ3n) is 6.23. The van der Waals surface area contributed by atoms with Crippen LogP contribution in [0.3, 0.4) is 0 Å². The van der Waals surface area contributed by atoms with Crippen molar-refractivity contribution in [1.29, 1.82) is 0 Å². The van der Waals surface area contributed by atoms with Crippen molar-refractivity contribution in [3.05, 3.63) is 71.2 Å². The van der Waals surface area contributed by atoms with Crippen LogP contribution >= 0.6 is 0 Å². The van der Waals surface area contributed by atoms with E-state index in [-0.39, 0.29) is 11.8 Å². The van der Waals surface area contributed by atoms with E-state index >= 15 is 0 Å². The van der Waals surface area contributed by atoms with Crippen molar-refractivity contribution in [1.82, 2.24) is 9.97 Å². The van der Waals surface area contributed by atoms with E-state index in [9.17, 15) is 9.90 Å². The Morgan fingerprint density at radius 2 is 1.83 bits per heavy atom. The minimum atomic E-state index is -0.782. The Kier molecular flexibility index (Phi) is 7.08. The number of aryl methyl sites for hydroxylation is 2. The molecule has 1 aliphatic rings. The van der Waals surface area contributed by atoms with E-state index in [4.69, 9.17) is 14.6 Å². The van der Waals surface area contributed by atoms with Gasteiger partial charge in [-0.2, -0.15) is 0 Å². The largest absolute Gasteiger partial charge is 0.493 e. The van der Waals surface area contributed by atoms with Crippen LogP contribution in [0.4, 0.5) is 0 Å². The molecule has 0 saturated heterocycles. The average Bonchev–Trinajstić information content (AvgIpc) is 3.58. The van der Waals surface area contributed by atoms with Gasteiger partial charge < -0.3 is 19.7 Å². The lowest BCUT2D eigenvalue weighted by molar-refractivity contribution is -0.138. The summed E-state index contributed by atoms with van der Waals surface area (Å²) >= 11 is 0. The molecule has 0 aliphatic heterocycles. The van der Waals surface area contributed by atoms with E-state index in [0.29, 0.717) is 37.6 Å². The van der Waals surface area contributed by atoms with Crippen LogP contribution in [0.5, 0.6) is 11.6 Å². The van der Waals surface area contributed by atoms with Gasteiger partial charge in [-0.1, -0.05) is 18.2 Å². The molecule has 1 heterocycles. The van der Waals surface area contributed by atoms with Gasteiger partial charge in [0, 0.05) is 12.3 Å². The molecule has 2 atom stereocenters. The maximum atomic E-state index is 11.0. The summed E-state index contributed by atoms with van der Waals surface area (Å²) in [4.78, 5) is 19.7. The predicted molar refractivity (Wildman–Crippen MR) is 133 cm³/mol. The molecule has 0 radical (unpaired) electrons. The topological polar surface area (TPSA) is 102 Å². The maximum absolute atomic E-state index is 11.0. The van der Waals surface area contributed by atoms with Gasteiger partial charge >= 0.3 is 5.97 Å². The molecule has 2 N–H and O–H groups in total. The number of benzene rings is 2. The monoisotopic (exact) mass is 476 g/mol. The molecule has 3 aromatic rings. The van der Waals surface area contributed by atoms with Crippen molar-refractivity contribution in [2.24, 2.45) is 5.92 Å².